The summed E-state index contributed by atoms with van der Waals surface area (Å²) >= 11 is 0. The Hall–Kier alpha value is -2.34. The molecule has 0 saturated carbocycles. The maximum Gasteiger partial charge on any atom is 0.251 e. The molecule has 1 heterocycles. The van der Waals surface area contributed by atoms with Crippen LogP contribution in [0.2, 0.25) is 0 Å². The van der Waals surface area contributed by atoms with E-state index in [1.165, 1.54) is 0 Å². The van der Waals surface area contributed by atoms with Crippen LogP contribution in [0.4, 0.5) is 0 Å². The van der Waals surface area contributed by atoms with Crippen LogP contribution in [0.3, 0.4) is 0 Å². The summed E-state index contributed by atoms with van der Waals surface area (Å²) < 4.78 is 7.13. The molecule has 0 aliphatic carbocycles. The van der Waals surface area contributed by atoms with Crippen molar-refractivity contribution in [3.63, 3.8) is 0 Å². The van der Waals surface area contributed by atoms with Gasteiger partial charge >= 0.3 is 0 Å². The van der Waals surface area contributed by atoms with Gasteiger partial charge in [0.2, 0.25) is 0 Å². The Labute approximate surface area is 136 Å². The summed E-state index contributed by atoms with van der Waals surface area (Å²) in [6.45, 7) is 4.38. The van der Waals surface area contributed by atoms with E-state index in [-0.39, 0.29) is 12.5 Å². The monoisotopic (exact) mass is 317 g/mol. The third-order valence-electron chi connectivity index (χ3n) is 3.49. The molecular weight excluding hydrogens is 294 g/mol. The number of benzene rings is 1. The summed E-state index contributed by atoms with van der Waals surface area (Å²) in [6.07, 6.45) is 4.22. The van der Waals surface area contributed by atoms with Gasteiger partial charge in [0.1, 0.15) is 11.4 Å². The van der Waals surface area contributed by atoms with Gasteiger partial charge in [0, 0.05) is 24.4 Å². The van der Waals surface area contributed by atoms with Crippen LogP contribution in [0.5, 0.6) is 5.75 Å². The predicted octanol–water partition coefficient (Wildman–Crippen LogP) is 1.85. The molecule has 0 spiro atoms. The third kappa shape index (κ3) is 4.56. The lowest BCUT2D eigenvalue weighted by Crippen LogP contribution is -2.38. The number of carbonyl (C=O) groups excluding carboxylic acids is 1. The summed E-state index contributed by atoms with van der Waals surface area (Å²) in [6, 6.07) is 7.01. The summed E-state index contributed by atoms with van der Waals surface area (Å²) in [5.74, 6) is 0.412. The van der Waals surface area contributed by atoms with Crippen LogP contribution < -0.4 is 10.1 Å². The highest BCUT2D eigenvalue weighted by atomic mass is 16.5. The smallest absolute Gasteiger partial charge is 0.251 e. The number of carbonyl (C=O) groups is 1. The van der Waals surface area contributed by atoms with E-state index < -0.39 is 5.60 Å². The van der Waals surface area contributed by atoms with Crippen molar-refractivity contribution < 1.29 is 14.6 Å². The molecule has 0 radical (unpaired) electrons. The van der Waals surface area contributed by atoms with E-state index in [1.54, 1.807) is 49.2 Å². The van der Waals surface area contributed by atoms with E-state index >= 15 is 0 Å². The van der Waals surface area contributed by atoms with Gasteiger partial charge in [-0.2, -0.15) is 5.10 Å². The number of nitrogens with one attached hydrogen (secondary N) is 1. The van der Waals surface area contributed by atoms with Crippen molar-refractivity contribution in [1.29, 1.82) is 0 Å². The molecule has 0 bridgehead atoms. The molecule has 2 aromatic rings. The Morgan fingerprint density at radius 1 is 1.48 bits per heavy atom. The first-order chi connectivity index (χ1) is 10.9. The van der Waals surface area contributed by atoms with Gasteiger partial charge in [0.25, 0.3) is 5.91 Å². The molecule has 1 aromatic heterocycles. The molecule has 6 nitrogen and oxygen atoms in total. The van der Waals surface area contributed by atoms with Gasteiger partial charge in [-0.3, -0.25) is 9.48 Å². The highest BCUT2D eigenvalue weighted by molar-refractivity contribution is 5.94. The Balaban J connectivity index is 1.99. The zero-order valence-corrected chi connectivity index (χ0v) is 13.7. The number of aromatic nitrogens is 2. The van der Waals surface area contributed by atoms with Crippen LogP contribution in [0.1, 0.15) is 36.2 Å². The predicted molar refractivity (Wildman–Crippen MR) is 87.3 cm³/mol. The van der Waals surface area contributed by atoms with Crippen LogP contribution in [-0.4, -0.2) is 33.9 Å². The Morgan fingerprint density at radius 3 is 2.91 bits per heavy atom. The standard InChI is InChI=1S/C17H23N3O3/c1-4-8-23-15-7-5-6-13(9-15)16(21)18-12-17(2,22)14-10-19-20(3)11-14/h5-7,9-11,22H,4,8,12H2,1-3H3,(H,18,21). The van der Waals surface area contributed by atoms with Gasteiger partial charge in [0.15, 0.2) is 0 Å². The largest absolute Gasteiger partial charge is 0.494 e. The van der Waals surface area contributed by atoms with Gasteiger partial charge in [-0.15, -0.1) is 0 Å². The minimum Gasteiger partial charge on any atom is -0.494 e. The second-order valence-electron chi connectivity index (χ2n) is 5.74. The Bertz CT molecular complexity index is 665. The molecular formula is C17H23N3O3. The quantitative estimate of drug-likeness (QED) is 0.817. The number of amides is 1. The minimum atomic E-state index is -1.18. The molecule has 6 heteroatoms. The zero-order valence-electron chi connectivity index (χ0n) is 13.7. The molecule has 124 valence electrons. The average molecular weight is 317 g/mol. The normalized spacial score (nSPS) is 13.4. The lowest BCUT2D eigenvalue weighted by Gasteiger charge is -2.22. The maximum absolute atomic E-state index is 12.3. The Kier molecular flexibility index (Phi) is 5.39. The molecule has 1 aromatic carbocycles. The lowest BCUT2D eigenvalue weighted by molar-refractivity contribution is 0.0526. The molecule has 1 unspecified atom stereocenters. The second kappa shape index (κ2) is 7.28. The number of ether oxygens (including phenoxy) is 1. The van der Waals surface area contributed by atoms with Gasteiger partial charge < -0.3 is 15.2 Å². The molecule has 0 aliphatic rings. The molecule has 0 fully saturated rings. The van der Waals surface area contributed by atoms with Crippen molar-refractivity contribution in [2.24, 2.45) is 7.05 Å². The minimum absolute atomic E-state index is 0.0948. The molecule has 2 rings (SSSR count). The SMILES string of the molecule is CCCOc1cccc(C(=O)NCC(C)(O)c2cnn(C)c2)c1. The fourth-order valence-electron chi connectivity index (χ4n) is 2.10. The van der Waals surface area contributed by atoms with E-state index in [0.717, 1.165) is 6.42 Å². The number of nitrogens with zero attached hydrogens (tertiary/aromatic N) is 2. The van der Waals surface area contributed by atoms with Crippen molar-refractivity contribution in [1.82, 2.24) is 15.1 Å². The second-order valence-corrected chi connectivity index (χ2v) is 5.74. The number of hydrogen-bond donors (Lipinski definition) is 2. The highest BCUT2D eigenvalue weighted by Crippen LogP contribution is 2.19. The molecule has 0 aliphatic heterocycles. The summed E-state index contributed by atoms with van der Waals surface area (Å²) in [7, 11) is 1.78. The summed E-state index contributed by atoms with van der Waals surface area (Å²) in [4.78, 5) is 12.3. The fourth-order valence-corrected chi connectivity index (χ4v) is 2.10. The van der Waals surface area contributed by atoms with Crippen LogP contribution in [0.15, 0.2) is 36.7 Å². The highest BCUT2D eigenvalue weighted by Gasteiger charge is 2.25. The van der Waals surface area contributed by atoms with Gasteiger partial charge in [-0.05, 0) is 31.5 Å². The van der Waals surface area contributed by atoms with Crippen molar-refractivity contribution in [3.8, 4) is 5.75 Å². The van der Waals surface area contributed by atoms with Crippen LogP contribution in [-0.2, 0) is 12.6 Å². The first kappa shape index (κ1) is 17.0. The number of aliphatic hydroxyl groups is 1. The topological polar surface area (TPSA) is 76.4 Å². The number of aryl methyl sites for hydroxylation is 1. The number of hydrogen-bond acceptors (Lipinski definition) is 4. The van der Waals surface area contributed by atoms with E-state index in [0.29, 0.717) is 23.5 Å². The molecule has 1 amide bonds. The lowest BCUT2D eigenvalue weighted by atomic mass is 9.99. The van der Waals surface area contributed by atoms with Crippen LogP contribution >= 0.6 is 0 Å². The average Bonchev–Trinajstić information content (AvgIpc) is 2.98. The van der Waals surface area contributed by atoms with Gasteiger partial charge in [0.05, 0.1) is 19.3 Å². The molecule has 23 heavy (non-hydrogen) atoms. The van der Waals surface area contributed by atoms with Crippen molar-refractivity contribution in [2.75, 3.05) is 13.2 Å². The zero-order chi connectivity index (χ0) is 16.9. The van der Waals surface area contributed by atoms with Crippen molar-refractivity contribution in [3.05, 3.63) is 47.8 Å². The van der Waals surface area contributed by atoms with Crippen molar-refractivity contribution >= 4 is 5.91 Å². The van der Waals surface area contributed by atoms with E-state index in [4.69, 9.17) is 4.74 Å². The number of rotatable bonds is 7. The van der Waals surface area contributed by atoms with Crippen LogP contribution in [0.25, 0.3) is 0 Å². The molecule has 0 saturated heterocycles. The van der Waals surface area contributed by atoms with Gasteiger partial charge in [-0.1, -0.05) is 13.0 Å². The van der Waals surface area contributed by atoms with Crippen molar-refractivity contribution in [2.45, 2.75) is 25.9 Å². The first-order valence-corrected chi connectivity index (χ1v) is 7.65. The third-order valence-corrected chi connectivity index (χ3v) is 3.49. The molecule has 2 N–H and O–H groups in total. The molecule has 1 atom stereocenters. The summed E-state index contributed by atoms with van der Waals surface area (Å²) in [5, 5.41) is 17.3. The van der Waals surface area contributed by atoms with E-state index in [9.17, 15) is 9.90 Å². The Morgan fingerprint density at radius 2 is 2.26 bits per heavy atom. The fraction of sp³-hybridized carbons (Fsp3) is 0.412. The van der Waals surface area contributed by atoms with E-state index in [2.05, 4.69) is 10.4 Å². The van der Waals surface area contributed by atoms with Gasteiger partial charge in [-0.25, -0.2) is 0 Å². The summed E-state index contributed by atoms with van der Waals surface area (Å²) in [5.41, 5.74) is -0.0267. The maximum atomic E-state index is 12.3. The first-order valence-electron chi connectivity index (χ1n) is 7.65. The van der Waals surface area contributed by atoms with Crippen LogP contribution in [0, 0.1) is 0 Å². The van der Waals surface area contributed by atoms with E-state index in [1.807, 2.05) is 13.0 Å².